The summed E-state index contributed by atoms with van der Waals surface area (Å²) in [7, 11) is -0.461. The number of hydrogen-bond acceptors (Lipinski definition) is 4. The zero-order valence-electron chi connectivity index (χ0n) is 11.4. The summed E-state index contributed by atoms with van der Waals surface area (Å²) in [5.41, 5.74) is 7.33. The lowest BCUT2D eigenvalue weighted by Crippen LogP contribution is -2.41. The third-order valence-electron chi connectivity index (χ3n) is 3.71. The summed E-state index contributed by atoms with van der Waals surface area (Å²) in [6.45, 7) is 11.8. The van der Waals surface area contributed by atoms with Crippen LogP contribution < -0.4 is 11.2 Å². The van der Waals surface area contributed by atoms with Crippen LogP contribution in [0.1, 0.15) is 33.4 Å². The molecule has 0 radical (unpaired) electrons. The fourth-order valence-corrected chi connectivity index (χ4v) is 1.78. The molecule has 2 rings (SSSR count). The van der Waals surface area contributed by atoms with Crippen molar-refractivity contribution in [2.24, 2.45) is 0 Å². The molecular weight excluding hydrogens is 227 g/mol. The van der Waals surface area contributed by atoms with Crippen LogP contribution in [0.15, 0.2) is 18.8 Å². The second-order valence-corrected chi connectivity index (χ2v) is 5.53. The third kappa shape index (κ3) is 2.04. The summed E-state index contributed by atoms with van der Waals surface area (Å²) in [5.74, 6) is 0. The minimum atomic E-state index is -0.461. The molecule has 0 bridgehead atoms. The summed E-state index contributed by atoms with van der Waals surface area (Å²) >= 11 is 0. The van der Waals surface area contributed by atoms with Crippen molar-refractivity contribution in [2.45, 2.75) is 38.9 Å². The van der Waals surface area contributed by atoms with Gasteiger partial charge in [0.05, 0.1) is 23.1 Å². The normalized spacial score (nSPS) is 21.0. The van der Waals surface area contributed by atoms with Gasteiger partial charge in [-0.05, 0) is 39.8 Å². The van der Waals surface area contributed by atoms with Gasteiger partial charge in [-0.1, -0.05) is 6.58 Å². The Kier molecular flexibility index (Phi) is 2.99. The van der Waals surface area contributed by atoms with Gasteiger partial charge in [0.15, 0.2) is 0 Å². The fourth-order valence-electron chi connectivity index (χ4n) is 1.78. The Morgan fingerprint density at radius 2 is 1.83 bits per heavy atom. The molecule has 96 valence electrons. The highest BCUT2D eigenvalue weighted by Crippen LogP contribution is 2.36. The predicted molar refractivity (Wildman–Crippen MR) is 74.5 cm³/mol. The van der Waals surface area contributed by atoms with Crippen molar-refractivity contribution in [1.82, 2.24) is 4.98 Å². The average Bonchev–Trinajstić information content (AvgIpc) is 2.48. The average molecular weight is 246 g/mol. The second kappa shape index (κ2) is 4.11. The first-order valence-electron chi connectivity index (χ1n) is 6.00. The van der Waals surface area contributed by atoms with E-state index < -0.39 is 7.12 Å². The minimum absolute atomic E-state index is 0.373. The summed E-state index contributed by atoms with van der Waals surface area (Å²) in [4.78, 5) is 4.15. The number of pyridine rings is 1. The van der Waals surface area contributed by atoms with E-state index in [0.29, 0.717) is 5.69 Å². The summed E-state index contributed by atoms with van der Waals surface area (Å²) in [6.07, 6.45) is 3.28. The number of anilines is 1. The molecule has 1 aromatic heterocycles. The van der Waals surface area contributed by atoms with Crippen LogP contribution in [0.25, 0.3) is 6.08 Å². The molecule has 4 nitrogen and oxygen atoms in total. The van der Waals surface area contributed by atoms with Crippen molar-refractivity contribution >= 4 is 24.3 Å². The lowest BCUT2D eigenvalue weighted by molar-refractivity contribution is 0.00578. The zero-order valence-corrected chi connectivity index (χ0v) is 11.4. The number of aromatic nitrogens is 1. The van der Waals surface area contributed by atoms with E-state index in [-0.39, 0.29) is 11.2 Å². The Bertz CT molecular complexity index is 470. The molecule has 5 heteroatoms. The SMILES string of the molecule is C=Cc1cc(B2OC(C)(C)C(C)(C)O2)c(N)cn1. The van der Waals surface area contributed by atoms with Crippen molar-refractivity contribution < 1.29 is 9.31 Å². The van der Waals surface area contributed by atoms with Crippen LogP contribution in [-0.4, -0.2) is 23.3 Å². The molecule has 1 saturated heterocycles. The lowest BCUT2D eigenvalue weighted by Gasteiger charge is -2.32. The van der Waals surface area contributed by atoms with Gasteiger partial charge in [0, 0.05) is 11.2 Å². The van der Waals surface area contributed by atoms with Crippen LogP contribution in [0.5, 0.6) is 0 Å². The fraction of sp³-hybridized carbons (Fsp3) is 0.462. The van der Waals surface area contributed by atoms with E-state index in [1.807, 2.05) is 33.8 Å². The Hall–Kier alpha value is -1.33. The van der Waals surface area contributed by atoms with Crippen molar-refractivity contribution in [3.63, 3.8) is 0 Å². The van der Waals surface area contributed by atoms with Gasteiger partial charge in [0.2, 0.25) is 0 Å². The Balaban J connectivity index is 2.37. The van der Waals surface area contributed by atoms with Crippen LogP contribution in [-0.2, 0) is 9.31 Å². The Morgan fingerprint density at radius 1 is 1.28 bits per heavy atom. The van der Waals surface area contributed by atoms with E-state index in [1.54, 1.807) is 12.3 Å². The van der Waals surface area contributed by atoms with Gasteiger partial charge in [0.25, 0.3) is 0 Å². The number of nitrogen functional groups attached to an aromatic ring is 1. The molecule has 0 aliphatic carbocycles. The molecule has 2 N–H and O–H groups in total. The first-order valence-corrected chi connectivity index (χ1v) is 6.00. The Morgan fingerprint density at radius 3 is 2.33 bits per heavy atom. The molecular formula is C13H19BN2O2. The quantitative estimate of drug-likeness (QED) is 0.805. The number of nitrogens with zero attached hydrogens (tertiary/aromatic N) is 1. The van der Waals surface area contributed by atoms with E-state index in [9.17, 15) is 0 Å². The molecule has 2 heterocycles. The molecule has 1 aliphatic heterocycles. The molecule has 1 aliphatic rings. The molecule has 0 aromatic carbocycles. The summed E-state index contributed by atoms with van der Waals surface area (Å²) < 4.78 is 11.9. The van der Waals surface area contributed by atoms with E-state index in [1.165, 1.54) is 0 Å². The molecule has 18 heavy (non-hydrogen) atoms. The highest BCUT2D eigenvalue weighted by atomic mass is 16.7. The van der Waals surface area contributed by atoms with Gasteiger partial charge in [-0.2, -0.15) is 0 Å². The smallest absolute Gasteiger partial charge is 0.399 e. The molecule has 0 spiro atoms. The van der Waals surface area contributed by atoms with Crippen molar-refractivity contribution in [3.05, 3.63) is 24.5 Å². The minimum Gasteiger partial charge on any atom is -0.399 e. The van der Waals surface area contributed by atoms with Crippen LogP contribution in [0.4, 0.5) is 5.69 Å². The first-order chi connectivity index (χ1) is 8.27. The van der Waals surface area contributed by atoms with Crippen LogP contribution in [0.2, 0.25) is 0 Å². The van der Waals surface area contributed by atoms with Crippen molar-refractivity contribution in [1.29, 1.82) is 0 Å². The predicted octanol–water partition coefficient (Wildman–Crippen LogP) is 1.61. The molecule has 0 unspecified atom stereocenters. The standard InChI is InChI=1S/C13H19BN2O2/c1-6-9-7-10(11(15)8-16-9)14-17-12(2,3)13(4,5)18-14/h6-8H,1,15H2,2-5H3. The monoisotopic (exact) mass is 246 g/mol. The maximum Gasteiger partial charge on any atom is 0.497 e. The van der Waals surface area contributed by atoms with E-state index in [2.05, 4.69) is 11.6 Å². The van der Waals surface area contributed by atoms with Gasteiger partial charge >= 0.3 is 7.12 Å². The number of hydrogen-bond donors (Lipinski definition) is 1. The van der Waals surface area contributed by atoms with Gasteiger partial charge in [-0.3, -0.25) is 4.98 Å². The highest BCUT2D eigenvalue weighted by Gasteiger charge is 2.52. The molecule has 0 amide bonds. The van der Waals surface area contributed by atoms with Gasteiger partial charge in [-0.15, -0.1) is 0 Å². The molecule has 0 atom stereocenters. The second-order valence-electron chi connectivity index (χ2n) is 5.53. The Labute approximate surface area is 108 Å². The summed E-state index contributed by atoms with van der Waals surface area (Å²) in [5, 5.41) is 0. The molecule has 1 fully saturated rings. The van der Waals surface area contributed by atoms with Crippen LogP contribution in [0, 0.1) is 0 Å². The van der Waals surface area contributed by atoms with Gasteiger partial charge in [-0.25, -0.2) is 0 Å². The third-order valence-corrected chi connectivity index (χ3v) is 3.71. The molecule has 0 saturated carbocycles. The number of rotatable bonds is 2. The maximum atomic E-state index is 5.97. The van der Waals surface area contributed by atoms with E-state index >= 15 is 0 Å². The topological polar surface area (TPSA) is 57.4 Å². The molecule has 1 aromatic rings. The van der Waals surface area contributed by atoms with Crippen molar-refractivity contribution in [3.8, 4) is 0 Å². The van der Waals surface area contributed by atoms with Crippen molar-refractivity contribution in [2.75, 3.05) is 5.73 Å². The van der Waals surface area contributed by atoms with Crippen LogP contribution >= 0.6 is 0 Å². The maximum absolute atomic E-state index is 5.97. The van der Waals surface area contributed by atoms with E-state index in [0.717, 1.165) is 11.2 Å². The summed E-state index contributed by atoms with van der Waals surface area (Å²) in [6, 6.07) is 1.85. The largest absolute Gasteiger partial charge is 0.497 e. The lowest BCUT2D eigenvalue weighted by atomic mass is 9.78. The van der Waals surface area contributed by atoms with Gasteiger partial charge < -0.3 is 15.0 Å². The van der Waals surface area contributed by atoms with Crippen LogP contribution in [0.3, 0.4) is 0 Å². The first kappa shape index (κ1) is 13.1. The number of nitrogens with two attached hydrogens (primary N) is 1. The zero-order chi connectivity index (χ0) is 13.6. The highest BCUT2D eigenvalue weighted by molar-refractivity contribution is 6.63. The van der Waals surface area contributed by atoms with E-state index in [4.69, 9.17) is 15.0 Å². The van der Waals surface area contributed by atoms with Gasteiger partial charge in [0.1, 0.15) is 0 Å².